The monoisotopic (exact) mass is 421 g/mol. The first-order valence-electron chi connectivity index (χ1n) is 10.1. The van der Waals surface area contributed by atoms with E-state index in [2.05, 4.69) is 4.98 Å². The van der Waals surface area contributed by atoms with Crippen LogP contribution < -0.4 is 5.73 Å². The lowest BCUT2D eigenvalue weighted by Crippen LogP contribution is -2.45. The van der Waals surface area contributed by atoms with E-state index in [0.717, 1.165) is 5.76 Å². The van der Waals surface area contributed by atoms with Gasteiger partial charge in [-0.1, -0.05) is 18.2 Å². The van der Waals surface area contributed by atoms with Crippen molar-refractivity contribution in [1.82, 2.24) is 9.88 Å². The number of aryl methyl sites for hydroxylation is 1. The van der Waals surface area contributed by atoms with Gasteiger partial charge in [-0.15, -0.1) is 0 Å². The van der Waals surface area contributed by atoms with Crippen LogP contribution in [0.1, 0.15) is 29.0 Å². The maximum Gasteiger partial charge on any atom is 0.339 e. The number of likely N-dealkylation sites (tertiary alicyclic amines) is 1. The molecule has 0 unspecified atom stereocenters. The molecule has 0 spiro atoms. The molecule has 8 nitrogen and oxygen atoms in total. The van der Waals surface area contributed by atoms with Crippen LogP contribution in [0.4, 0.5) is 0 Å². The van der Waals surface area contributed by atoms with Crippen molar-refractivity contribution in [3.05, 3.63) is 53.8 Å². The zero-order valence-electron chi connectivity index (χ0n) is 17.2. The molecule has 1 aromatic carbocycles. The summed E-state index contributed by atoms with van der Waals surface area (Å²) in [5.41, 5.74) is 6.79. The van der Waals surface area contributed by atoms with Gasteiger partial charge in [0.25, 0.3) is 5.91 Å². The molecule has 1 aliphatic rings. The number of rotatable bonds is 5. The molecular weight excluding hydrogens is 398 g/mol. The van der Waals surface area contributed by atoms with Gasteiger partial charge in [0.15, 0.2) is 12.4 Å². The number of hydrogen-bond acceptors (Lipinski definition) is 6. The molecule has 1 saturated heterocycles. The second kappa shape index (κ2) is 8.59. The summed E-state index contributed by atoms with van der Waals surface area (Å²) >= 11 is 0. The average molecular weight is 421 g/mol. The largest absolute Gasteiger partial charge is 0.460 e. The van der Waals surface area contributed by atoms with E-state index in [1.165, 1.54) is 4.90 Å². The predicted molar refractivity (Wildman–Crippen MR) is 113 cm³/mol. The molecule has 2 amide bonds. The Balaban J connectivity index is 1.53. The van der Waals surface area contributed by atoms with Crippen LogP contribution >= 0.6 is 0 Å². The number of amides is 2. The molecule has 4 rings (SSSR count). The minimum absolute atomic E-state index is 0.256. The zero-order chi connectivity index (χ0) is 22.0. The number of nitrogens with zero attached hydrogens (tertiary/aromatic N) is 2. The van der Waals surface area contributed by atoms with Gasteiger partial charge in [0.1, 0.15) is 11.5 Å². The van der Waals surface area contributed by atoms with Gasteiger partial charge in [0.2, 0.25) is 5.91 Å². The minimum atomic E-state index is -0.625. The normalized spacial score (nSPS) is 16.3. The number of piperidine rings is 1. The third kappa shape index (κ3) is 4.42. The number of carbonyl (C=O) groups is 3. The summed E-state index contributed by atoms with van der Waals surface area (Å²) in [5.74, 6) is -0.482. The zero-order valence-corrected chi connectivity index (χ0v) is 17.2. The second-order valence-electron chi connectivity index (χ2n) is 7.64. The highest BCUT2D eigenvalue weighted by Crippen LogP contribution is 2.27. The molecule has 8 heteroatoms. The van der Waals surface area contributed by atoms with Crippen LogP contribution in [0.3, 0.4) is 0 Å². The summed E-state index contributed by atoms with van der Waals surface area (Å²) < 4.78 is 11.0. The fourth-order valence-electron chi connectivity index (χ4n) is 3.77. The molecule has 1 aliphatic heterocycles. The van der Waals surface area contributed by atoms with Crippen LogP contribution in [-0.2, 0) is 14.3 Å². The van der Waals surface area contributed by atoms with Crippen molar-refractivity contribution in [2.45, 2.75) is 19.8 Å². The molecule has 1 atom stereocenters. The maximum atomic E-state index is 12.9. The second-order valence-corrected chi connectivity index (χ2v) is 7.64. The maximum absolute atomic E-state index is 12.9. The van der Waals surface area contributed by atoms with Gasteiger partial charge >= 0.3 is 5.97 Å². The first-order valence-corrected chi connectivity index (χ1v) is 10.1. The Hall–Kier alpha value is -3.68. The van der Waals surface area contributed by atoms with Crippen LogP contribution in [0, 0.1) is 12.8 Å². The number of hydrogen-bond donors (Lipinski definition) is 1. The van der Waals surface area contributed by atoms with E-state index < -0.39 is 18.5 Å². The van der Waals surface area contributed by atoms with Crippen molar-refractivity contribution in [1.29, 1.82) is 0 Å². The molecule has 0 radical (unpaired) electrons. The molecule has 160 valence electrons. The number of para-hydroxylation sites is 1. The molecule has 3 aromatic rings. The molecule has 3 heterocycles. The Kier molecular flexibility index (Phi) is 5.70. The smallest absolute Gasteiger partial charge is 0.339 e. The standard InChI is InChI=1S/C23H23N3O5/c1-14-8-9-20(31-14)19-11-17(16-6-2-3-7-18(16)25-19)23(29)30-13-21(27)26-10-4-5-15(12-26)22(24)28/h2-3,6-9,11,15H,4-5,10,12-13H2,1H3,(H2,24,28)/t15-/m1/s1. The Morgan fingerprint density at radius 3 is 2.77 bits per heavy atom. The van der Waals surface area contributed by atoms with Gasteiger partial charge in [-0.25, -0.2) is 9.78 Å². The number of primary amides is 1. The van der Waals surface area contributed by atoms with Crippen molar-refractivity contribution in [3.63, 3.8) is 0 Å². The predicted octanol–water partition coefficient (Wildman–Crippen LogP) is 2.68. The van der Waals surface area contributed by atoms with Gasteiger partial charge < -0.3 is 19.8 Å². The number of pyridine rings is 1. The van der Waals surface area contributed by atoms with E-state index in [-0.39, 0.29) is 18.4 Å². The molecular formula is C23H23N3O5. The van der Waals surface area contributed by atoms with Crippen LogP contribution in [0.2, 0.25) is 0 Å². The van der Waals surface area contributed by atoms with Crippen molar-refractivity contribution in [2.75, 3.05) is 19.7 Å². The summed E-state index contributed by atoms with van der Waals surface area (Å²) in [5, 5.41) is 0.624. The van der Waals surface area contributed by atoms with E-state index in [0.29, 0.717) is 47.3 Å². The van der Waals surface area contributed by atoms with Crippen molar-refractivity contribution in [3.8, 4) is 11.5 Å². The number of aromatic nitrogens is 1. The van der Waals surface area contributed by atoms with Crippen molar-refractivity contribution >= 4 is 28.7 Å². The van der Waals surface area contributed by atoms with E-state index in [1.807, 2.05) is 19.1 Å². The first-order chi connectivity index (χ1) is 14.9. The lowest BCUT2D eigenvalue weighted by atomic mass is 9.97. The number of esters is 1. The number of carbonyl (C=O) groups excluding carboxylic acids is 3. The van der Waals surface area contributed by atoms with Crippen LogP contribution in [0.5, 0.6) is 0 Å². The van der Waals surface area contributed by atoms with E-state index in [1.54, 1.807) is 30.3 Å². The summed E-state index contributed by atoms with van der Waals surface area (Å²) in [6.07, 6.45) is 1.35. The summed E-state index contributed by atoms with van der Waals surface area (Å²) in [4.78, 5) is 42.9. The van der Waals surface area contributed by atoms with E-state index >= 15 is 0 Å². The minimum Gasteiger partial charge on any atom is -0.460 e. The summed E-state index contributed by atoms with van der Waals surface area (Å²) in [6.45, 7) is 2.19. The number of fused-ring (bicyclic) bond motifs is 1. The van der Waals surface area contributed by atoms with Gasteiger partial charge in [-0.2, -0.15) is 0 Å². The Labute approximate surface area is 179 Å². The molecule has 0 saturated carbocycles. The van der Waals surface area contributed by atoms with Crippen LogP contribution in [0.25, 0.3) is 22.4 Å². The Morgan fingerprint density at radius 2 is 2.03 bits per heavy atom. The number of nitrogens with two attached hydrogens (primary N) is 1. The molecule has 31 heavy (non-hydrogen) atoms. The highest BCUT2D eigenvalue weighted by atomic mass is 16.5. The average Bonchev–Trinajstić information content (AvgIpc) is 3.22. The van der Waals surface area contributed by atoms with E-state index in [4.69, 9.17) is 14.9 Å². The Bertz CT molecular complexity index is 1150. The van der Waals surface area contributed by atoms with Gasteiger partial charge in [0, 0.05) is 18.5 Å². The quantitative estimate of drug-likeness (QED) is 0.633. The molecule has 0 bridgehead atoms. The molecule has 0 aliphatic carbocycles. The topological polar surface area (TPSA) is 116 Å². The highest BCUT2D eigenvalue weighted by Gasteiger charge is 2.27. The molecule has 2 aromatic heterocycles. The lowest BCUT2D eigenvalue weighted by molar-refractivity contribution is -0.137. The number of benzene rings is 1. The van der Waals surface area contributed by atoms with Gasteiger partial charge in [-0.3, -0.25) is 9.59 Å². The SMILES string of the molecule is Cc1ccc(-c2cc(C(=O)OCC(=O)N3CCC[C@@H](C(N)=O)C3)c3ccccc3n2)o1. The fourth-order valence-corrected chi connectivity index (χ4v) is 3.77. The van der Waals surface area contributed by atoms with Gasteiger partial charge in [0.05, 0.1) is 17.0 Å². The third-order valence-corrected chi connectivity index (χ3v) is 5.43. The number of ether oxygens (including phenoxy) is 1. The molecule has 2 N–H and O–H groups in total. The van der Waals surface area contributed by atoms with Crippen molar-refractivity contribution in [2.24, 2.45) is 11.7 Å². The van der Waals surface area contributed by atoms with Crippen LogP contribution in [0.15, 0.2) is 46.9 Å². The first kappa shape index (κ1) is 20.6. The van der Waals surface area contributed by atoms with Crippen molar-refractivity contribution < 1.29 is 23.5 Å². The number of furan rings is 1. The van der Waals surface area contributed by atoms with E-state index in [9.17, 15) is 14.4 Å². The lowest BCUT2D eigenvalue weighted by Gasteiger charge is -2.31. The fraction of sp³-hybridized carbons (Fsp3) is 0.304. The van der Waals surface area contributed by atoms with Crippen LogP contribution in [-0.4, -0.2) is 47.4 Å². The Morgan fingerprint density at radius 1 is 1.23 bits per heavy atom. The summed E-state index contributed by atoms with van der Waals surface area (Å²) in [6, 6.07) is 12.4. The molecule has 1 fully saturated rings. The summed E-state index contributed by atoms with van der Waals surface area (Å²) in [7, 11) is 0. The third-order valence-electron chi connectivity index (χ3n) is 5.43. The highest BCUT2D eigenvalue weighted by molar-refractivity contribution is 6.05. The van der Waals surface area contributed by atoms with Gasteiger partial charge in [-0.05, 0) is 44.0 Å².